The molecule has 1 N–H and O–H groups in total. The third kappa shape index (κ3) is 5.63. The maximum atomic E-state index is 12.5. The van der Waals surface area contributed by atoms with Crippen LogP contribution in [0.5, 0.6) is 0 Å². The average molecular weight is 414 g/mol. The Morgan fingerprint density at radius 1 is 1.07 bits per heavy atom. The highest BCUT2D eigenvalue weighted by atomic mass is 16.6. The Morgan fingerprint density at radius 2 is 1.70 bits per heavy atom. The van der Waals surface area contributed by atoms with Crippen LogP contribution in [0.3, 0.4) is 0 Å². The number of benzene rings is 2. The zero-order valence-electron chi connectivity index (χ0n) is 17.1. The molecule has 1 atom stereocenters. The van der Waals surface area contributed by atoms with Gasteiger partial charge in [-0.3, -0.25) is 14.9 Å². The standard InChI is InChI=1S/C21H22N2O7/c1-5-29-20(25)15-9-16(11-17(10-15)23(27)28)21(26)30-14(4)19(24)22-18-7-6-12(2)8-13(18)3/h6-11,14H,5H2,1-4H3,(H,22,24). The number of hydrogen-bond donors (Lipinski definition) is 1. The lowest BCUT2D eigenvalue weighted by Crippen LogP contribution is -2.30. The zero-order valence-corrected chi connectivity index (χ0v) is 17.1. The average Bonchev–Trinajstić information content (AvgIpc) is 2.69. The van der Waals surface area contributed by atoms with Crippen LogP contribution in [-0.4, -0.2) is 35.5 Å². The number of esters is 2. The van der Waals surface area contributed by atoms with Gasteiger partial charge in [0.25, 0.3) is 11.6 Å². The van der Waals surface area contributed by atoms with Crippen molar-refractivity contribution in [3.8, 4) is 0 Å². The van der Waals surface area contributed by atoms with E-state index in [0.717, 1.165) is 29.3 Å². The van der Waals surface area contributed by atoms with Crippen LogP contribution in [0.2, 0.25) is 0 Å². The predicted molar refractivity (Wildman–Crippen MR) is 108 cm³/mol. The molecule has 0 aliphatic heterocycles. The number of nitro benzene ring substituents is 1. The number of carbonyl (C=O) groups is 3. The quantitative estimate of drug-likeness (QED) is 0.417. The number of ether oxygens (including phenoxy) is 2. The normalized spacial score (nSPS) is 11.3. The van der Waals surface area contributed by atoms with Gasteiger partial charge in [-0.1, -0.05) is 17.7 Å². The molecule has 0 aliphatic rings. The molecule has 0 saturated heterocycles. The highest BCUT2D eigenvalue weighted by Crippen LogP contribution is 2.20. The van der Waals surface area contributed by atoms with E-state index < -0.39 is 34.6 Å². The summed E-state index contributed by atoms with van der Waals surface area (Å²) in [6.45, 7) is 6.78. The summed E-state index contributed by atoms with van der Waals surface area (Å²) in [5.41, 5.74) is 1.59. The molecule has 0 radical (unpaired) electrons. The van der Waals surface area contributed by atoms with E-state index in [2.05, 4.69) is 5.32 Å². The minimum atomic E-state index is -1.18. The van der Waals surface area contributed by atoms with Crippen molar-refractivity contribution in [2.75, 3.05) is 11.9 Å². The maximum absolute atomic E-state index is 12.5. The topological polar surface area (TPSA) is 125 Å². The first-order valence-corrected chi connectivity index (χ1v) is 9.18. The van der Waals surface area contributed by atoms with Gasteiger partial charge in [-0.2, -0.15) is 0 Å². The van der Waals surface area contributed by atoms with Crippen LogP contribution in [0.15, 0.2) is 36.4 Å². The number of aryl methyl sites for hydroxylation is 2. The van der Waals surface area contributed by atoms with Crippen LogP contribution in [0.25, 0.3) is 0 Å². The van der Waals surface area contributed by atoms with Crippen molar-refractivity contribution in [3.63, 3.8) is 0 Å². The summed E-state index contributed by atoms with van der Waals surface area (Å²) in [6.07, 6.45) is -1.18. The van der Waals surface area contributed by atoms with Crippen molar-refractivity contribution >= 4 is 29.2 Å². The summed E-state index contributed by atoms with van der Waals surface area (Å²) in [5, 5.41) is 13.8. The molecule has 2 rings (SSSR count). The van der Waals surface area contributed by atoms with Gasteiger partial charge in [0.15, 0.2) is 6.10 Å². The Kier molecular flexibility index (Phi) is 7.24. The van der Waals surface area contributed by atoms with Gasteiger partial charge in [-0.05, 0) is 45.4 Å². The summed E-state index contributed by atoms with van der Waals surface area (Å²) < 4.78 is 9.96. The van der Waals surface area contributed by atoms with Crippen LogP contribution in [0, 0.1) is 24.0 Å². The summed E-state index contributed by atoms with van der Waals surface area (Å²) >= 11 is 0. The number of nitrogens with zero attached hydrogens (tertiary/aromatic N) is 1. The molecule has 0 bridgehead atoms. The maximum Gasteiger partial charge on any atom is 0.339 e. The van der Waals surface area contributed by atoms with E-state index in [9.17, 15) is 24.5 Å². The van der Waals surface area contributed by atoms with Gasteiger partial charge in [-0.25, -0.2) is 9.59 Å². The number of anilines is 1. The molecule has 0 heterocycles. The second-order valence-electron chi connectivity index (χ2n) is 6.60. The minimum absolute atomic E-state index is 0.0664. The number of hydrogen-bond acceptors (Lipinski definition) is 7. The fourth-order valence-electron chi connectivity index (χ4n) is 2.64. The molecule has 1 unspecified atom stereocenters. The predicted octanol–water partition coefficient (Wildman–Crippen LogP) is 3.57. The third-order valence-electron chi connectivity index (χ3n) is 4.17. The molecule has 0 spiro atoms. The lowest BCUT2D eigenvalue weighted by atomic mass is 10.1. The van der Waals surface area contributed by atoms with E-state index in [1.807, 2.05) is 26.0 Å². The Bertz CT molecular complexity index is 1000. The molecule has 2 aromatic carbocycles. The molecule has 9 heteroatoms. The number of nitro groups is 1. The molecule has 0 fully saturated rings. The van der Waals surface area contributed by atoms with Crippen LogP contribution >= 0.6 is 0 Å². The molecule has 158 valence electrons. The Balaban J connectivity index is 2.18. The summed E-state index contributed by atoms with van der Waals surface area (Å²) in [4.78, 5) is 47.2. The van der Waals surface area contributed by atoms with Gasteiger partial charge >= 0.3 is 11.9 Å². The van der Waals surface area contributed by atoms with Gasteiger partial charge < -0.3 is 14.8 Å². The lowest BCUT2D eigenvalue weighted by Gasteiger charge is -2.15. The number of nitrogens with one attached hydrogen (secondary N) is 1. The van der Waals surface area contributed by atoms with Crippen LogP contribution in [-0.2, 0) is 14.3 Å². The van der Waals surface area contributed by atoms with Crippen LogP contribution in [0.1, 0.15) is 45.7 Å². The monoisotopic (exact) mass is 414 g/mol. The van der Waals surface area contributed by atoms with Crippen molar-refractivity contribution < 1.29 is 28.8 Å². The molecule has 1 amide bonds. The zero-order chi connectivity index (χ0) is 22.4. The molecule has 30 heavy (non-hydrogen) atoms. The Labute approximate surface area is 173 Å². The van der Waals surface area contributed by atoms with Gasteiger partial charge in [0.2, 0.25) is 0 Å². The Morgan fingerprint density at radius 3 is 2.27 bits per heavy atom. The van der Waals surface area contributed by atoms with Gasteiger partial charge in [0, 0.05) is 17.8 Å². The van der Waals surface area contributed by atoms with E-state index in [0.29, 0.717) is 5.69 Å². The molecule has 2 aromatic rings. The van der Waals surface area contributed by atoms with Crippen molar-refractivity contribution in [2.45, 2.75) is 33.8 Å². The number of non-ortho nitro benzene ring substituents is 1. The smallest absolute Gasteiger partial charge is 0.339 e. The third-order valence-corrected chi connectivity index (χ3v) is 4.17. The lowest BCUT2D eigenvalue weighted by molar-refractivity contribution is -0.384. The second kappa shape index (κ2) is 9.64. The van der Waals surface area contributed by atoms with Crippen molar-refractivity contribution in [1.29, 1.82) is 0 Å². The van der Waals surface area contributed by atoms with Crippen LogP contribution < -0.4 is 5.32 Å². The van der Waals surface area contributed by atoms with Crippen LogP contribution in [0.4, 0.5) is 11.4 Å². The van der Waals surface area contributed by atoms with E-state index in [1.165, 1.54) is 6.92 Å². The summed E-state index contributed by atoms with van der Waals surface area (Å²) in [5.74, 6) is -2.35. The van der Waals surface area contributed by atoms with Gasteiger partial charge in [0.05, 0.1) is 22.7 Å². The number of amides is 1. The summed E-state index contributed by atoms with van der Waals surface area (Å²) in [6, 6.07) is 8.57. The number of carbonyl (C=O) groups excluding carboxylic acids is 3. The fourth-order valence-corrected chi connectivity index (χ4v) is 2.64. The van der Waals surface area contributed by atoms with E-state index in [4.69, 9.17) is 9.47 Å². The van der Waals surface area contributed by atoms with E-state index in [1.54, 1.807) is 13.0 Å². The largest absolute Gasteiger partial charge is 0.462 e. The van der Waals surface area contributed by atoms with Crippen molar-refractivity contribution in [2.24, 2.45) is 0 Å². The highest BCUT2D eigenvalue weighted by molar-refractivity contribution is 5.99. The first kappa shape index (κ1) is 22.5. The first-order chi connectivity index (χ1) is 14.1. The second-order valence-corrected chi connectivity index (χ2v) is 6.60. The SMILES string of the molecule is CCOC(=O)c1cc(C(=O)OC(C)C(=O)Nc2ccc(C)cc2C)cc([N+](=O)[O-])c1. The molecular formula is C21H22N2O7. The van der Waals surface area contributed by atoms with Crippen molar-refractivity contribution in [3.05, 3.63) is 68.8 Å². The Hall–Kier alpha value is -3.75. The molecule has 0 aromatic heterocycles. The van der Waals surface area contributed by atoms with E-state index in [-0.39, 0.29) is 17.7 Å². The molecule has 9 nitrogen and oxygen atoms in total. The molecule has 0 aliphatic carbocycles. The van der Waals surface area contributed by atoms with Crippen molar-refractivity contribution in [1.82, 2.24) is 0 Å². The van der Waals surface area contributed by atoms with E-state index >= 15 is 0 Å². The highest BCUT2D eigenvalue weighted by Gasteiger charge is 2.23. The van der Waals surface area contributed by atoms with Gasteiger partial charge in [0.1, 0.15) is 0 Å². The first-order valence-electron chi connectivity index (χ1n) is 9.18. The summed E-state index contributed by atoms with van der Waals surface area (Å²) in [7, 11) is 0. The number of rotatable bonds is 7. The fraction of sp³-hybridized carbons (Fsp3) is 0.286. The molecular weight excluding hydrogens is 392 g/mol. The minimum Gasteiger partial charge on any atom is -0.462 e. The van der Waals surface area contributed by atoms with Gasteiger partial charge in [-0.15, -0.1) is 0 Å². The molecule has 0 saturated carbocycles.